The molecule has 6 nitrogen and oxygen atoms in total. The average molecular weight is 249 g/mol. The molecule has 1 amide bonds. The zero-order valence-corrected chi connectivity index (χ0v) is 9.72. The van der Waals surface area contributed by atoms with Crippen molar-refractivity contribution in [3.8, 4) is 0 Å². The molecule has 1 heterocycles. The van der Waals surface area contributed by atoms with Crippen LogP contribution in [0.25, 0.3) is 0 Å². The smallest absolute Gasteiger partial charge is 0.253 e. The maximum atomic E-state index is 12.8. The number of amides is 1. The quantitative estimate of drug-likeness (QED) is 0.774. The number of nitrogens with two attached hydrogens (primary N) is 1. The first-order valence-electron chi connectivity index (χ1n) is 5.24. The molecule has 0 saturated heterocycles. The highest BCUT2D eigenvalue weighted by Crippen LogP contribution is 2.13. The minimum Gasteiger partial charge on any atom is -0.398 e. The first-order valence-corrected chi connectivity index (χ1v) is 5.24. The van der Waals surface area contributed by atoms with Gasteiger partial charge < -0.3 is 15.6 Å². The van der Waals surface area contributed by atoms with E-state index in [0.29, 0.717) is 5.82 Å². The van der Waals surface area contributed by atoms with Crippen LogP contribution in [0.5, 0.6) is 0 Å². The highest BCUT2D eigenvalue weighted by atomic mass is 19.1. The van der Waals surface area contributed by atoms with Crippen LogP contribution in [0, 0.1) is 5.82 Å². The van der Waals surface area contributed by atoms with Gasteiger partial charge in [-0.1, -0.05) is 0 Å². The summed E-state index contributed by atoms with van der Waals surface area (Å²) in [6.07, 6.45) is 1.54. The fourth-order valence-corrected chi connectivity index (χ4v) is 1.46. The van der Waals surface area contributed by atoms with Gasteiger partial charge in [-0.2, -0.15) is 0 Å². The Morgan fingerprint density at radius 3 is 2.94 bits per heavy atom. The van der Waals surface area contributed by atoms with Gasteiger partial charge in [0.1, 0.15) is 12.1 Å². The van der Waals surface area contributed by atoms with Crippen LogP contribution < -0.4 is 11.1 Å². The molecule has 0 unspecified atom stereocenters. The molecule has 3 N–H and O–H groups in total. The molecule has 1 aromatic carbocycles. The first kappa shape index (κ1) is 12.0. The average Bonchev–Trinajstić information content (AvgIpc) is 2.72. The second kappa shape index (κ2) is 4.82. The van der Waals surface area contributed by atoms with Crippen molar-refractivity contribution >= 4 is 11.6 Å². The Hall–Kier alpha value is -2.44. The van der Waals surface area contributed by atoms with Crippen molar-refractivity contribution in [1.82, 2.24) is 20.1 Å². The van der Waals surface area contributed by atoms with Crippen molar-refractivity contribution in [2.75, 3.05) is 5.73 Å². The van der Waals surface area contributed by atoms with Gasteiger partial charge in [-0.25, -0.2) is 4.39 Å². The van der Waals surface area contributed by atoms with Crippen LogP contribution in [0.4, 0.5) is 10.1 Å². The molecule has 7 heteroatoms. The molecular weight excluding hydrogens is 237 g/mol. The number of nitrogens with zero attached hydrogens (tertiary/aromatic N) is 3. The normalized spacial score (nSPS) is 10.3. The molecular formula is C11H12FN5O. The van der Waals surface area contributed by atoms with Crippen LogP contribution in [0.3, 0.4) is 0 Å². The number of carbonyl (C=O) groups is 1. The van der Waals surface area contributed by atoms with Gasteiger partial charge >= 0.3 is 0 Å². The van der Waals surface area contributed by atoms with Gasteiger partial charge in [0.15, 0.2) is 5.82 Å². The molecule has 0 spiro atoms. The van der Waals surface area contributed by atoms with Crippen LogP contribution in [0.1, 0.15) is 16.2 Å². The summed E-state index contributed by atoms with van der Waals surface area (Å²) in [6, 6.07) is 3.64. The van der Waals surface area contributed by atoms with Gasteiger partial charge in [0.05, 0.1) is 12.1 Å². The molecule has 0 aliphatic heterocycles. The molecule has 2 aromatic rings. The Bertz CT molecular complexity index is 581. The fraction of sp³-hybridized carbons (Fsp3) is 0.182. The lowest BCUT2D eigenvalue weighted by Gasteiger charge is -2.07. The number of nitrogens with one attached hydrogen (secondary N) is 1. The van der Waals surface area contributed by atoms with E-state index in [2.05, 4.69) is 15.5 Å². The fourth-order valence-electron chi connectivity index (χ4n) is 1.46. The Balaban J connectivity index is 2.06. The molecule has 18 heavy (non-hydrogen) atoms. The van der Waals surface area contributed by atoms with Gasteiger partial charge in [0.2, 0.25) is 0 Å². The second-order valence-electron chi connectivity index (χ2n) is 3.77. The number of aromatic nitrogens is 3. The maximum Gasteiger partial charge on any atom is 0.253 e. The standard InChI is InChI=1S/C11H12FN5O/c1-17-6-15-16-10(17)5-14-11(18)8-3-2-7(12)4-9(8)13/h2-4,6H,5,13H2,1H3,(H,14,18). The first-order chi connectivity index (χ1) is 8.58. The Morgan fingerprint density at radius 1 is 1.56 bits per heavy atom. The summed E-state index contributed by atoms with van der Waals surface area (Å²) in [6.45, 7) is 0.228. The van der Waals surface area contributed by atoms with Crippen LogP contribution in [-0.4, -0.2) is 20.7 Å². The molecule has 0 fully saturated rings. The van der Waals surface area contributed by atoms with Crippen LogP contribution in [0.2, 0.25) is 0 Å². The van der Waals surface area contributed by atoms with E-state index < -0.39 is 5.82 Å². The van der Waals surface area contributed by atoms with Gasteiger partial charge in [-0.3, -0.25) is 4.79 Å². The topological polar surface area (TPSA) is 85.8 Å². The lowest BCUT2D eigenvalue weighted by Crippen LogP contribution is -2.25. The van der Waals surface area contributed by atoms with E-state index in [1.54, 1.807) is 11.6 Å². The highest BCUT2D eigenvalue weighted by molar-refractivity contribution is 5.98. The molecule has 0 saturated carbocycles. The number of nitrogen functional groups attached to an aromatic ring is 1. The number of hydrogen-bond donors (Lipinski definition) is 2. The third-order valence-electron chi connectivity index (χ3n) is 2.47. The Morgan fingerprint density at radius 2 is 2.33 bits per heavy atom. The molecule has 0 aliphatic carbocycles. The Kier molecular flexibility index (Phi) is 3.22. The van der Waals surface area contributed by atoms with Gasteiger partial charge in [0, 0.05) is 12.7 Å². The van der Waals surface area contributed by atoms with Crippen LogP contribution in [-0.2, 0) is 13.6 Å². The maximum absolute atomic E-state index is 12.8. The molecule has 0 aliphatic rings. The van der Waals surface area contributed by atoms with E-state index >= 15 is 0 Å². The second-order valence-corrected chi connectivity index (χ2v) is 3.77. The molecule has 1 aromatic heterocycles. The van der Waals surface area contributed by atoms with Crippen LogP contribution in [0.15, 0.2) is 24.5 Å². The summed E-state index contributed by atoms with van der Waals surface area (Å²) in [4.78, 5) is 11.8. The lowest BCUT2D eigenvalue weighted by molar-refractivity contribution is 0.0950. The summed E-state index contributed by atoms with van der Waals surface area (Å²) in [7, 11) is 1.77. The molecule has 2 rings (SSSR count). The Labute approximate surface area is 103 Å². The summed E-state index contributed by atoms with van der Waals surface area (Å²) < 4.78 is 14.5. The SMILES string of the molecule is Cn1cnnc1CNC(=O)c1ccc(F)cc1N. The predicted molar refractivity (Wildman–Crippen MR) is 63.0 cm³/mol. The predicted octanol–water partition coefficient (Wildman–Crippen LogP) is 0.466. The van der Waals surface area contributed by atoms with Gasteiger partial charge in [-0.15, -0.1) is 10.2 Å². The number of rotatable bonds is 3. The summed E-state index contributed by atoms with van der Waals surface area (Å²) in [5.41, 5.74) is 5.90. The van der Waals surface area contributed by atoms with Crippen molar-refractivity contribution in [2.24, 2.45) is 7.05 Å². The van der Waals surface area contributed by atoms with Crippen molar-refractivity contribution in [2.45, 2.75) is 6.54 Å². The minimum atomic E-state index is -0.475. The molecule has 0 atom stereocenters. The third-order valence-corrected chi connectivity index (χ3v) is 2.47. The number of carbonyl (C=O) groups excluding carboxylic acids is 1. The van der Waals surface area contributed by atoms with Gasteiger partial charge in [-0.05, 0) is 18.2 Å². The van der Waals surface area contributed by atoms with E-state index in [9.17, 15) is 9.18 Å². The van der Waals surface area contributed by atoms with E-state index in [1.807, 2.05) is 0 Å². The minimum absolute atomic E-state index is 0.102. The zero-order valence-electron chi connectivity index (χ0n) is 9.72. The van der Waals surface area contributed by atoms with Crippen LogP contribution >= 0.6 is 0 Å². The number of anilines is 1. The number of halogens is 1. The summed E-state index contributed by atoms with van der Waals surface area (Å²) >= 11 is 0. The van der Waals surface area contributed by atoms with E-state index in [0.717, 1.165) is 6.07 Å². The monoisotopic (exact) mass is 249 g/mol. The summed E-state index contributed by atoms with van der Waals surface area (Å²) in [5, 5.41) is 10.2. The largest absolute Gasteiger partial charge is 0.398 e. The number of aryl methyl sites for hydroxylation is 1. The highest BCUT2D eigenvalue weighted by Gasteiger charge is 2.11. The molecule has 0 radical (unpaired) electrons. The van der Waals surface area contributed by atoms with Crippen molar-refractivity contribution in [3.63, 3.8) is 0 Å². The number of hydrogen-bond acceptors (Lipinski definition) is 4. The van der Waals surface area contributed by atoms with Crippen molar-refractivity contribution < 1.29 is 9.18 Å². The third kappa shape index (κ3) is 2.45. The van der Waals surface area contributed by atoms with E-state index in [4.69, 9.17) is 5.73 Å². The van der Waals surface area contributed by atoms with Gasteiger partial charge in [0.25, 0.3) is 5.91 Å². The molecule has 0 bridgehead atoms. The zero-order chi connectivity index (χ0) is 13.1. The summed E-state index contributed by atoms with van der Waals surface area (Å²) in [5.74, 6) is -0.239. The van der Waals surface area contributed by atoms with Crippen molar-refractivity contribution in [1.29, 1.82) is 0 Å². The number of benzene rings is 1. The lowest BCUT2D eigenvalue weighted by atomic mass is 10.1. The van der Waals surface area contributed by atoms with E-state index in [1.165, 1.54) is 18.5 Å². The van der Waals surface area contributed by atoms with E-state index in [-0.39, 0.29) is 23.7 Å². The van der Waals surface area contributed by atoms with Crippen molar-refractivity contribution in [3.05, 3.63) is 41.7 Å². The molecule has 94 valence electrons.